The minimum absolute atomic E-state index is 0.334. The molecule has 3 rings (SSSR count). The normalized spacial score (nSPS) is 19.6. The summed E-state index contributed by atoms with van der Waals surface area (Å²) in [7, 11) is 2.19. The first-order chi connectivity index (χ1) is 13.7. The van der Waals surface area contributed by atoms with E-state index in [0.29, 0.717) is 18.4 Å². The lowest BCUT2D eigenvalue weighted by Crippen LogP contribution is -2.47. The van der Waals surface area contributed by atoms with Crippen LogP contribution in [0.25, 0.3) is 0 Å². The van der Waals surface area contributed by atoms with Crippen LogP contribution in [0.1, 0.15) is 37.7 Å². The van der Waals surface area contributed by atoms with E-state index in [1.807, 2.05) is 6.07 Å². The number of ether oxygens (including phenoxy) is 1. The number of carbonyl (C=O) groups is 1. The van der Waals surface area contributed by atoms with Crippen molar-refractivity contribution in [1.82, 2.24) is 14.7 Å². The Hall–Kier alpha value is -1.43. The predicted molar refractivity (Wildman–Crippen MR) is 113 cm³/mol. The Bertz CT molecular complexity index is 566. The molecule has 0 bridgehead atoms. The average Bonchev–Trinajstić information content (AvgIpc) is 2.74. The van der Waals surface area contributed by atoms with Crippen molar-refractivity contribution in [3.63, 3.8) is 0 Å². The van der Waals surface area contributed by atoms with Crippen LogP contribution in [0.3, 0.4) is 0 Å². The SMILES string of the molecule is CN1CCN(CCCN(C(=O)CCCc2ccccc2)C2CCOCC2)CC1. The molecular formula is C23H37N3O2. The number of rotatable bonds is 9. The van der Waals surface area contributed by atoms with Gasteiger partial charge in [-0.25, -0.2) is 0 Å². The lowest BCUT2D eigenvalue weighted by molar-refractivity contribution is -0.135. The van der Waals surface area contributed by atoms with Gasteiger partial charge in [0.1, 0.15) is 0 Å². The van der Waals surface area contributed by atoms with Crippen molar-refractivity contribution in [3.05, 3.63) is 35.9 Å². The summed E-state index contributed by atoms with van der Waals surface area (Å²) in [6.07, 6.45) is 5.61. The summed E-state index contributed by atoms with van der Waals surface area (Å²) < 4.78 is 5.53. The highest BCUT2D eigenvalue weighted by Gasteiger charge is 2.25. The van der Waals surface area contributed by atoms with Gasteiger partial charge in [0.15, 0.2) is 0 Å². The van der Waals surface area contributed by atoms with Crippen LogP contribution in [-0.4, -0.2) is 86.2 Å². The Morgan fingerprint density at radius 1 is 1.07 bits per heavy atom. The fourth-order valence-electron chi connectivity index (χ4n) is 4.28. The lowest BCUT2D eigenvalue weighted by Gasteiger charge is -2.36. The second kappa shape index (κ2) is 11.5. The molecule has 2 saturated heterocycles. The molecule has 0 radical (unpaired) electrons. The zero-order valence-corrected chi connectivity index (χ0v) is 17.5. The zero-order chi connectivity index (χ0) is 19.6. The van der Waals surface area contributed by atoms with Crippen LogP contribution in [0.5, 0.6) is 0 Å². The van der Waals surface area contributed by atoms with Gasteiger partial charge in [-0.1, -0.05) is 30.3 Å². The molecule has 0 spiro atoms. The van der Waals surface area contributed by atoms with Gasteiger partial charge in [-0.3, -0.25) is 4.79 Å². The van der Waals surface area contributed by atoms with Crippen molar-refractivity contribution in [3.8, 4) is 0 Å². The van der Waals surface area contributed by atoms with Gasteiger partial charge in [0, 0.05) is 58.4 Å². The molecular weight excluding hydrogens is 350 g/mol. The number of piperazine rings is 1. The molecule has 1 amide bonds. The van der Waals surface area contributed by atoms with E-state index in [4.69, 9.17) is 4.74 Å². The maximum Gasteiger partial charge on any atom is 0.222 e. The summed E-state index contributed by atoms with van der Waals surface area (Å²) in [6.45, 7) is 8.18. The monoisotopic (exact) mass is 387 g/mol. The molecule has 28 heavy (non-hydrogen) atoms. The highest BCUT2D eigenvalue weighted by molar-refractivity contribution is 5.76. The van der Waals surface area contributed by atoms with Gasteiger partial charge < -0.3 is 19.4 Å². The number of aryl methyl sites for hydroxylation is 1. The van der Waals surface area contributed by atoms with Crippen LogP contribution in [0, 0.1) is 0 Å². The number of likely N-dealkylation sites (N-methyl/N-ethyl adjacent to an activating group) is 1. The smallest absolute Gasteiger partial charge is 0.222 e. The number of hydrogen-bond acceptors (Lipinski definition) is 4. The van der Waals surface area contributed by atoms with Gasteiger partial charge in [-0.15, -0.1) is 0 Å². The molecule has 2 aliphatic rings. The average molecular weight is 388 g/mol. The lowest BCUT2D eigenvalue weighted by atomic mass is 10.0. The second-order valence-corrected chi connectivity index (χ2v) is 8.27. The maximum atomic E-state index is 13.0. The molecule has 5 nitrogen and oxygen atoms in total. The third-order valence-corrected chi connectivity index (χ3v) is 6.12. The number of carbonyl (C=O) groups excluding carboxylic acids is 1. The van der Waals surface area contributed by atoms with E-state index in [1.54, 1.807) is 0 Å². The van der Waals surface area contributed by atoms with Gasteiger partial charge in [-0.2, -0.15) is 0 Å². The van der Waals surface area contributed by atoms with Crippen LogP contribution in [0.4, 0.5) is 0 Å². The van der Waals surface area contributed by atoms with Gasteiger partial charge in [0.2, 0.25) is 5.91 Å². The van der Waals surface area contributed by atoms with Crippen molar-refractivity contribution in [2.75, 3.05) is 59.5 Å². The van der Waals surface area contributed by atoms with Crippen molar-refractivity contribution < 1.29 is 9.53 Å². The minimum Gasteiger partial charge on any atom is -0.381 e. The first-order valence-electron chi connectivity index (χ1n) is 11.0. The highest BCUT2D eigenvalue weighted by atomic mass is 16.5. The van der Waals surface area contributed by atoms with Crippen molar-refractivity contribution >= 4 is 5.91 Å². The molecule has 0 N–H and O–H groups in total. The van der Waals surface area contributed by atoms with Gasteiger partial charge >= 0.3 is 0 Å². The van der Waals surface area contributed by atoms with E-state index in [-0.39, 0.29) is 0 Å². The summed E-state index contributed by atoms with van der Waals surface area (Å²) in [5, 5.41) is 0. The summed E-state index contributed by atoms with van der Waals surface area (Å²) in [4.78, 5) is 20.1. The van der Waals surface area contributed by atoms with E-state index in [9.17, 15) is 4.79 Å². The Labute approximate surface area is 170 Å². The fourth-order valence-corrected chi connectivity index (χ4v) is 4.28. The van der Waals surface area contributed by atoms with E-state index in [0.717, 1.165) is 84.6 Å². The van der Waals surface area contributed by atoms with Gasteiger partial charge in [0.05, 0.1) is 0 Å². The molecule has 1 aromatic carbocycles. The van der Waals surface area contributed by atoms with Crippen LogP contribution >= 0.6 is 0 Å². The molecule has 1 aromatic rings. The number of nitrogens with zero attached hydrogens (tertiary/aromatic N) is 3. The first-order valence-corrected chi connectivity index (χ1v) is 11.0. The molecule has 0 unspecified atom stereocenters. The molecule has 2 heterocycles. The number of amides is 1. The Kier molecular flexibility index (Phi) is 8.77. The van der Waals surface area contributed by atoms with E-state index >= 15 is 0 Å². The predicted octanol–water partition coefficient (Wildman–Crippen LogP) is 2.65. The van der Waals surface area contributed by atoms with Crippen molar-refractivity contribution in [2.24, 2.45) is 0 Å². The molecule has 2 aliphatic heterocycles. The summed E-state index contributed by atoms with van der Waals surface area (Å²) in [5.41, 5.74) is 1.32. The minimum atomic E-state index is 0.334. The Morgan fingerprint density at radius 2 is 1.79 bits per heavy atom. The van der Waals surface area contributed by atoms with E-state index in [2.05, 4.69) is 46.0 Å². The van der Waals surface area contributed by atoms with Crippen LogP contribution in [0.15, 0.2) is 30.3 Å². The van der Waals surface area contributed by atoms with Crippen LogP contribution in [0.2, 0.25) is 0 Å². The first kappa shape index (κ1) is 21.3. The van der Waals surface area contributed by atoms with E-state index in [1.165, 1.54) is 5.56 Å². The standard InChI is InChI=1S/C23H37N3O2/c1-24-15-17-25(18-16-24)13-6-14-26(22-11-19-28-20-12-22)23(27)10-5-9-21-7-3-2-4-8-21/h2-4,7-8,22H,5-6,9-20H2,1H3. The molecule has 156 valence electrons. The van der Waals surface area contributed by atoms with E-state index < -0.39 is 0 Å². The summed E-state index contributed by atoms with van der Waals surface area (Å²) in [5.74, 6) is 0.334. The zero-order valence-electron chi connectivity index (χ0n) is 17.5. The molecule has 0 atom stereocenters. The highest BCUT2D eigenvalue weighted by Crippen LogP contribution is 2.17. The number of hydrogen-bond donors (Lipinski definition) is 0. The van der Waals surface area contributed by atoms with Crippen LogP contribution < -0.4 is 0 Å². The summed E-state index contributed by atoms with van der Waals surface area (Å²) in [6, 6.07) is 10.9. The van der Waals surface area contributed by atoms with Crippen molar-refractivity contribution in [1.29, 1.82) is 0 Å². The third kappa shape index (κ3) is 6.87. The molecule has 0 aliphatic carbocycles. The molecule has 0 saturated carbocycles. The van der Waals surface area contributed by atoms with Gasteiger partial charge in [0.25, 0.3) is 0 Å². The summed E-state index contributed by atoms with van der Waals surface area (Å²) >= 11 is 0. The largest absolute Gasteiger partial charge is 0.381 e. The molecule has 2 fully saturated rings. The number of benzene rings is 1. The van der Waals surface area contributed by atoms with Gasteiger partial charge in [-0.05, 0) is 51.3 Å². The van der Waals surface area contributed by atoms with Crippen molar-refractivity contribution in [2.45, 2.75) is 44.6 Å². The quantitative estimate of drug-likeness (QED) is 0.653. The third-order valence-electron chi connectivity index (χ3n) is 6.12. The second-order valence-electron chi connectivity index (χ2n) is 8.27. The Balaban J connectivity index is 1.45. The van der Waals surface area contributed by atoms with Crippen LogP contribution in [-0.2, 0) is 16.0 Å². The maximum absolute atomic E-state index is 13.0. The molecule has 0 aromatic heterocycles. The topological polar surface area (TPSA) is 36.0 Å². The fraction of sp³-hybridized carbons (Fsp3) is 0.696. The Morgan fingerprint density at radius 3 is 2.50 bits per heavy atom. The molecule has 5 heteroatoms.